The van der Waals surface area contributed by atoms with Gasteiger partial charge in [-0.3, -0.25) is 28.8 Å². The zero-order valence-corrected chi connectivity index (χ0v) is 26.6. The summed E-state index contributed by atoms with van der Waals surface area (Å²) < 4.78 is 0. The predicted molar refractivity (Wildman–Crippen MR) is 172 cm³/mol. The van der Waals surface area contributed by atoms with Crippen molar-refractivity contribution >= 4 is 35.4 Å². The number of nitrogens with one attached hydrogen (secondary N) is 5. The normalized spacial score (nSPS) is 13.4. The lowest BCUT2D eigenvalue weighted by atomic mass is 10.00. The summed E-state index contributed by atoms with van der Waals surface area (Å²) in [6.45, 7) is 5.34. The molecule has 0 fully saturated rings. The minimum Gasteiger partial charge on any atom is -0.396 e. The van der Waals surface area contributed by atoms with Gasteiger partial charge in [-0.25, -0.2) is 0 Å². The molecule has 250 valence electrons. The molecule has 13 nitrogen and oxygen atoms in total. The van der Waals surface area contributed by atoms with Crippen LogP contribution in [0.3, 0.4) is 0 Å². The van der Waals surface area contributed by atoms with Crippen molar-refractivity contribution in [2.24, 2.45) is 11.7 Å². The number of hydrogen-bond acceptors (Lipinski definition) is 7. The van der Waals surface area contributed by atoms with Crippen LogP contribution in [0.5, 0.6) is 0 Å². The van der Waals surface area contributed by atoms with Crippen molar-refractivity contribution in [3.05, 3.63) is 71.8 Å². The lowest BCUT2D eigenvalue weighted by molar-refractivity contribution is -0.135. The number of rotatable bonds is 19. The minimum absolute atomic E-state index is 0.0343. The summed E-state index contributed by atoms with van der Waals surface area (Å²) in [7, 11) is 0. The Labute approximate surface area is 269 Å². The van der Waals surface area contributed by atoms with Crippen LogP contribution in [-0.4, -0.2) is 77.9 Å². The van der Waals surface area contributed by atoms with Gasteiger partial charge in [-0.15, -0.1) is 0 Å². The summed E-state index contributed by atoms with van der Waals surface area (Å²) in [4.78, 5) is 77.3. The van der Waals surface area contributed by atoms with E-state index in [1.54, 1.807) is 54.6 Å². The first-order chi connectivity index (χ1) is 21.9. The molecule has 0 saturated carbocycles. The summed E-state index contributed by atoms with van der Waals surface area (Å²) in [5.74, 6) is -3.90. The van der Waals surface area contributed by atoms with Crippen molar-refractivity contribution in [3.63, 3.8) is 0 Å². The van der Waals surface area contributed by atoms with Crippen LogP contribution in [0.25, 0.3) is 0 Å². The topological polar surface area (TPSA) is 209 Å². The van der Waals surface area contributed by atoms with Crippen LogP contribution in [0.4, 0.5) is 0 Å². The largest absolute Gasteiger partial charge is 0.396 e. The molecule has 0 spiro atoms. The molecule has 0 bridgehead atoms. The van der Waals surface area contributed by atoms with Crippen molar-refractivity contribution in [2.75, 3.05) is 13.2 Å². The van der Waals surface area contributed by atoms with E-state index in [0.717, 1.165) is 5.56 Å². The molecular formula is C33H46N6O7. The average molecular weight is 639 g/mol. The number of hydrogen-bond donors (Lipinski definition) is 7. The Bertz CT molecular complexity index is 1310. The highest BCUT2D eigenvalue weighted by molar-refractivity contribution is 5.97. The third kappa shape index (κ3) is 13.9. The zero-order valence-electron chi connectivity index (χ0n) is 26.6. The molecule has 2 aromatic carbocycles. The smallest absolute Gasteiger partial charge is 0.243 e. The Kier molecular flexibility index (Phi) is 15.9. The molecule has 0 unspecified atom stereocenters. The molecule has 0 radical (unpaired) electrons. The molecule has 2 aromatic rings. The van der Waals surface area contributed by atoms with Gasteiger partial charge < -0.3 is 37.4 Å². The molecule has 8 N–H and O–H groups in total. The highest BCUT2D eigenvalue weighted by atomic mass is 16.3. The monoisotopic (exact) mass is 638 g/mol. The molecule has 13 heteroatoms. The first kappa shape index (κ1) is 37.4. The van der Waals surface area contributed by atoms with E-state index in [9.17, 15) is 28.8 Å². The number of amides is 6. The Balaban J connectivity index is 2.21. The molecule has 2 rings (SSSR count). The molecule has 0 aliphatic heterocycles. The van der Waals surface area contributed by atoms with Gasteiger partial charge in [0.2, 0.25) is 35.4 Å². The standard InChI is InChI=1S/C33H46N6O7/c1-21(2)17-25(38-33(46)27(20-28(34)41)37-29(42)19-24-13-8-5-9-14-24)32(45)39-26(18-23-11-6-4-7-12-23)31(44)36-22(3)30(43)35-15-10-16-40/h4-9,11-14,21-22,25-27,40H,10,15-20H2,1-3H3,(H2,34,41)(H,35,43)(H,36,44)(H,37,42)(H,38,46)(H,39,45)/t22-,25-,26-,27-/m0/s1. The molecular weight excluding hydrogens is 592 g/mol. The molecule has 0 heterocycles. The second-order valence-corrected chi connectivity index (χ2v) is 11.5. The second kappa shape index (κ2) is 19.6. The minimum atomic E-state index is -1.33. The van der Waals surface area contributed by atoms with Crippen LogP contribution in [0.15, 0.2) is 60.7 Å². The summed E-state index contributed by atoms with van der Waals surface area (Å²) >= 11 is 0. The molecule has 0 aliphatic carbocycles. The van der Waals surface area contributed by atoms with Crippen LogP contribution in [-0.2, 0) is 41.6 Å². The summed E-state index contributed by atoms with van der Waals surface area (Å²) in [6.07, 6.45) is 0.119. The fourth-order valence-corrected chi connectivity index (χ4v) is 4.57. The van der Waals surface area contributed by atoms with Gasteiger partial charge in [0, 0.05) is 19.6 Å². The summed E-state index contributed by atoms with van der Waals surface area (Å²) in [5.41, 5.74) is 6.81. The van der Waals surface area contributed by atoms with Crippen LogP contribution in [0.2, 0.25) is 0 Å². The maximum absolute atomic E-state index is 13.6. The van der Waals surface area contributed by atoms with Gasteiger partial charge in [0.15, 0.2) is 0 Å². The van der Waals surface area contributed by atoms with Crippen molar-refractivity contribution in [1.29, 1.82) is 0 Å². The molecule has 4 atom stereocenters. The lowest BCUT2D eigenvalue weighted by Gasteiger charge is -2.26. The van der Waals surface area contributed by atoms with E-state index in [2.05, 4.69) is 26.6 Å². The van der Waals surface area contributed by atoms with Gasteiger partial charge in [0.1, 0.15) is 24.2 Å². The van der Waals surface area contributed by atoms with Crippen LogP contribution < -0.4 is 32.3 Å². The fourth-order valence-electron chi connectivity index (χ4n) is 4.57. The number of carbonyl (C=O) groups is 6. The van der Waals surface area contributed by atoms with Gasteiger partial charge in [0.05, 0.1) is 12.8 Å². The van der Waals surface area contributed by atoms with Gasteiger partial charge in [-0.05, 0) is 36.8 Å². The number of benzene rings is 2. The lowest BCUT2D eigenvalue weighted by Crippen LogP contribution is -2.59. The van der Waals surface area contributed by atoms with E-state index in [4.69, 9.17) is 10.8 Å². The SMILES string of the molecule is CC(C)C[C@H](NC(=O)[C@H](CC(N)=O)NC(=O)Cc1ccccc1)C(=O)N[C@@H](Cc1ccccc1)C(=O)N[C@@H](C)C(=O)NCCCO. The maximum atomic E-state index is 13.6. The van der Waals surface area contributed by atoms with Crippen LogP contribution in [0.1, 0.15) is 51.2 Å². The van der Waals surface area contributed by atoms with Crippen molar-refractivity contribution in [3.8, 4) is 0 Å². The van der Waals surface area contributed by atoms with Crippen molar-refractivity contribution in [2.45, 2.75) is 77.0 Å². The maximum Gasteiger partial charge on any atom is 0.243 e. The van der Waals surface area contributed by atoms with E-state index < -0.39 is 66.0 Å². The summed E-state index contributed by atoms with van der Waals surface area (Å²) in [6, 6.07) is 13.3. The Morgan fingerprint density at radius 1 is 0.696 bits per heavy atom. The molecule has 0 aromatic heterocycles. The molecule has 0 aliphatic rings. The number of nitrogens with two attached hydrogens (primary N) is 1. The third-order valence-corrected chi connectivity index (χ3v) is 6.91. The molecule has 46 heavy (non-hydrogen) atoms. The van der Waals surface area contributed by atoms with Crippen molar-refractivity contribution < 1.29 is 33.9 Å². The van der Waals surface area contributed by atoms with Gasteiger partial charge in [-0.2, -0.15) is 0 Å². The van der Waals surface area contributed by atoms with E-state index >= 15 is 0 Å². The van der Waals surface area contributed by atoms with Gasteiger partial charge in [0.25, 0.3) is 0 Å². The van der Waals surface area contributed by atoms with E-state index in [-0.39, 0.29) is 38.3 Å². The van der Waals surface area contributed by atoms with E-state index in [1.165, 1.54) is 6.92 Å². The van der Waals surface area contributed by atoms with Gasteiger partial charge >= 0.3 is 0 Å². The second-order valence-electron chi connectivity index (χ2n) is 11.5. The van der Waals surface area contributed by atoms with E-state index in [0.29, 0.717) is 12.0 Å². The van der Waals surface area contributed by atoms with E-state index in [1.807, 2.05) is 19.9 Å². The first-order valence-corrected chi connectivity index (χ1v) is 15.3. The first-order valence-electron chi connectivity index (χ1n) is 15.3. The highest BCUT2D eigenvalue weighted by Gasteiger charge is 2.31. The Morgan fingerprint density at radius 3 is 1.80 bits per heavy atom. The van der Waals surface area contributed by atoms with Gasteiger partial charge in [-0.1, -0.05) is 74.5 Å². The third-order valence-electron chi connectivity index (χ3n) is 6.91. The number of aliphatic hydroxyl groups is 1. The van der Waals surface area contributed by atoms with Crippen molar-refractivity contribution in [1.82, 2.24) is 26.6 Å². The molecule has 6 amide bonds. The highest BCUT2D eigenvalue weighted by Crippen LogP contribution is 2.10. The average Bonchev–Trinajstić information content (AvgIpc) is 3.00. The Hall–Kier alpha value is -4.78. The fraction of sp³-hybridized carbons (Fsp3) is 0.455. The van der Waals surface area contributed by atoms with Crippen LogP contribution >= 0.6 is 0 Å². The van der Waals surface area contributed by atoms with Crippen LogP contribution in [0, 0.1) is 5.92 Å². The predicted octanol–water partition coefficient (Wildman–Crippen LogP) is -0.149. The Morgan fingerprint density at radius 2 is 1.24 bits per heavy atom. The number of primary amides is 1. The zero-order chi connectivity index (χ0) is 34.1. The number of carbonyl (C=O) groups excluding carboxylic acids is 6. The summed E-state index contributed by atoms with van der Waals surface area (Å²) in [5, 5.41) is 22.1. The molecule has 0 saturated heterocycles. The quantitative estimate of drug-likeness (QED) is 0.103. The number of aliphatic hydroxyl groups excluding tert-OH is 1.